The number of nitriles is 2. The van der Waals surface area contributed by atoms with Crippen LogP contribution in [0.15, 0.2) is 158 Å². The second kappa shape index (κ2) is 15.0. The fourth-order valence-corrected chi connectivity index (χ4v) is 12.6. The molecule has 11 aromatic rings. The van der Waals surface area contributed by atoms with Crippen molar-refractivity contribution in [2.24, 2.45) is 0 Å². The molecular weight excluding hydrogens is 877 g/mol. The Morgan fingerprint density at radius 3 is 1.19 bits per heavy atom. The zero-order valence-electron chi connectivity index (χ0n) is 40.7. The Hall–Kier alpha value is -9.46. The highest BCUT2D eigenvalue weighted by molar-refractivity contribution is 6.14. The second-order valence-corrected chi connectivity index (χ2v) is 20.6. The number of fused-ring (bicyclic) bond motifs is 12. The third-order valence-corrected chi connectivity index (χ3v) is 16.1. The third-order valence-electron chi connectivity index (χ3n) is 16.1. The average Bonchev–Trinajstić information content (AvgIpc) is 4.05. The number of rotatable bonds is 4. The maximum atomic E-state index is 11.0. The predicted octanol–water partition coefficient (Wildman–Crippen LogP) is 17.3. The summed E-state index contributed by atoms with van der Waals surface area (Å²) in [6.45, 7) is 30.4. The zero-order valence-corrected chi connectivity index (χ0v) is 40.7. The van der Waals surface area contributed by atoms with Crippen LogP contribution in [0.5, 0.6) is 0 Å². The van der Waals surface area contributed by atoms with Crippen molar-refractivity contribution in [3.05, 3.63) is 225 Å². The molecule has 0 bridgehead atoms. The summed E-state index contributed by atoms with van der Waals surface area (Å²) in [6.07, 6.45) is 0. The summed E-state index contributed by atoms with van der Waals surface area (Å²) in [5.41, 5.74) is 21.2. The maximum Gasteiger partial charge on any atom is 0.212 e. The van der Waals surface area contributed by atoms with Gasteiger partial charge in [0.2, 0.25) is 11.4 Å². The molecule has 72 heavy (non-hydrogen) atoms. The van der Waals surface area contributed by atoms with Crippen LogP contribution < -0.4 is 0 Å². The highest BCUT2D eigenvalue weighted by Gasteiger charge is 2.38. The van der Waals surface area contributed by atoms with Gasteiger partial charge in [-0.2, -0.15) is 10.5 Å². The predicted molar refractivity (Wildman–Crippen MR) is 293 cm³/mol. The van der Waals surface area contributed by atoms with E-state index < -0.39 is 0 Å². The van der Waals surface area contributed by atoms with Crippen molar-refractivity contribution in [3.63, 3.8) is 0 Å². The van der Waals surface area contributed by atoms with Gasteiger partial charge in [-0.05, 0) is 152 Å². The second-order valence-electron chi connectivity index (χ2n) is 20.6. The van der Waals surface area contributed by atoms with Gasteiger partial charge in [0.15, 0.2) is 0 Å². The van der Waals surface area contributed by atoms with E-state index in [2.05, 4.69) is 168 Å². The van der Waals surface area contributed by atoms with Crippen molar-refractivity contribution in [3.8, 4) is 68.0 Å². The molecule has 6 heteroatoms. The van der Waals surface area contributed by atoms with Crippen molar-refractivity contribution < 1.29 is 0 Å². The average molecular weight is 921 g/mol. The summed E-state index contributed by atoms with van der Waals surface area (Å²) in [5.74, 6) is 0. The summed E-state index contributed by atoms with van der Waals surface area (Å²) < 4.78 is 4.25. The fraction of sp³-hybridized carbons (Fsp3) is 0.121. The van der Waals surface area contributed by atoms with E-state index in [9.17, 15) is 10.5 Å². The highest BCUT2D eigenvalue weighted by atomic mass is 15.0. The summed E-state index contributed by atoms with van der Waals surface area (Å²) in [7, 11) is 0. The lowest BCUT2D eigenvalue weighted by atomic mass is 9.82. The van der Waals surface area contributed by atoms with Gasteiger partial charge in [0.05, 0.1) is 69.9 Å². The summed E-state index contributed by atoms with van der Waals surface area (Å²) in [6, 6.07) is 59.8. The van der Waals surface area contributed by atoms with Gasteiger partial charge >= 0.3 is 0 Å². The monoisotopic (exact) mass is 920 g/mol. The van der Waals surface area contributed by atoms with Gasteiger partial charge in [-0.1, -0.05) is 125 Å². The minimum Gasteiger partial charge on any atom is -0.318 e. The molecule has 0 radical (unpaired) electrons. The van der Waals surface area contributed by atoms with Gasteiger partial charge in [0, 0.05) is 32.4 Å². The van der Waals surface area contributed by atoms with Crippen LogP contribution in [-0.2, 0) is 10.8 Å². The molecule has 9 aromatic carbocycles. The van der Waals surface area contributed by atoms with E-state index in [1.54, 1.807) is 0 Å². The maximum absolute atomic E-state index is 11.0. The fourth-order valence-electron chi connectivity index (χ4n) is 12.6. The molecule has 0 fully saturated rings. The first-order valence-corrected chi connectivity index (χ1v) is 24.3. The lowest BCUT2D eigenvalue weighted by molar-refractivity contribution is 0.661. The molecular formula is C66H44N6. The molecule has 0 amide bonds. The molecule has 6 nitrogen and oxygen atoms in total. The molecule has 0 unspecified atom stereocenters. The van der Waals surface area contributed by atoms with Crippen LogP contribution in [-0.4, -0.2) is 9.13 Å². The van der Waals surface area contributed by atoms with Crippen molar-refractivity contribution >= 4 is 55.0 Å². The molecule has 0 saturated carbocycles. The van der Waals surface area contributed by atoms with Gasteiger partial charge in [0.25, 0.3) is 0 Å². The van der Waals surface area contributed by atoms with Crippen LogP contribution in [0.3, 0.4) is 0 Å². The molecule has 2 aliphatic carbocycles. The van der Waals surface area contributed by atoms with Gasteiger partial charge in [-0.25, -0.2) is 9.69 Å². The van der Waals surface area contributed by atoms with Gasteiger partial charge in [-0.3, -0.25) is 0 Å². The topological polar surface area (TPSA) is 66.2 Å². The van der Waals surface area contributed by atoms with Crippen LogP contribution in [0.1, 0.15) is 72.2 Å². The lowest BCUT2D eigenvalue weighted by Gasteiger charge is -2.22. The van der Waals surface area contributed by atoms with Crippen LogP contribution in [0.2, 0.25) is 0 Å². The minimum atomic E-state index is -0.235. The number of benzene rings is 9. The summed E-state index contributed by atoms with van der Waals surface area (Å²) in [4.78, 5) is 8.28. The molecule has 0 N–H and O–H groups in total. The van der Waals surface area contributed by atoms with E-state index in [0.29, 0.717) is 33.9 Å². The third kappa shape index (κ3) is 5.67. The number of aromatic nitrogens is 2. The molecule has 2 aliphatic rings. The zero-order chi connectivity index (χ0) is 49.5. The van der Waals surface area contributed by atoms with E-state index in [-0.39, 0.29) is 10.8 Å². The highest BCUT2D eigenvalue weighted by Crippen LogP contribution is 2.54. The van der Waals surface area contributed by atoms with Gasteiger partial charge < -0.3 is 9.13 Å². The summed E-state index contributed by atoms with van der Waals surface area (Å²) in [5, 5.41) is 26.3. The smallest absolute Gasteiger partial charge is 0.212 e. The van der Waals surface area contributed by atoms with Crippen LogP contribution >= 0.6 is 0 Å². The van der Waals surface area contributed by atoms with Gasteiger partial charge in [0.1, 0.15) is 0 Å². The molecule has 0 spiro atoms. The van der Waals surface area contributed by atoms with Crippen LogP contribution in [0, 0.1) is 49.7 Å². The SMILES string of the molecule is [C-]#[N+]c1cc(-c2cc(C)c(-c3cc(C#N)c(-n4c5ccccc5c5cc6c(cc54)C(C)(C)c4ccccc4-6)c([N+]#[C-])c3)cc2C)cc(C#N)c1-n1c2ccccc2c2cc3c(cc21)C(C)(C)c1ccccc1-3. The molecule has 2 aromatic heterocycles. The minimum absolute atomic E-state index is 0.235. The Balaban J connectivity index is 0.941. The quantitative estimate of drug-likeness (QED) is 0.165. The van der Waals surface area contributed by atoms with Crippen molar-refractivity contribution in [2.45, 2.75) is 52.4 Å². The molecule has 338 valence electrons. The van der Waals surface area contributed by atoms with Crippen molar-refractivity contribution in [1.29, 1.82) is 10.5 Å². The molecule has 0 aliphatic heterocycles. The summed E-state index contributed by atoms with van der Waals surface area (Å²) >= 11 is 0. The number of aryl methyl sites for hydroxylation is 2. The molecule has 2 heterocycles. The molecule has 0 saturated heterocycles. The number of hydrogen-bond donors (Lipinski definition) is 0. The lowest BCUT2D eigenvalue weighted by Crippen LogP contribution is -2.15. The standard InChI is InChI=1S/C66H44N6/c1-37-25-48(40-28-42(36-68)64(58(30-40)70-8)72-60-24-16-12-20-46(60)52-32-50-44-18-10-14-22-54(44)66(5,6)56(50)34-62(52)72)38(2)26-47(37)39-27-41(35-67)63(57(29-39)69-7)71-59-23-15-11-19-45(59)51-31-49-43-17-9-13-21-53(43)65(3,4)55(49)33-61(51)71/h9-34H,1-6H3. The first kappa shape index (κ1) is 42.6. The van der Waals surface area contributed by atoms with E-state index in [0.717, 1.165) is 77.0 Å². The van der Waals surface area contributed by atoms with Crippen LogP contribution in [0.25, 0.3) is 109 Å². The first-order chi connectivity index (χ1) is 34.9. The van der Waals surface area contributed by atoms with Crippen molar-refractivity contribution in [2.75, 3.05) is 0 Å². The van der Waals surface area contributed by atoms with Gasteiger partial charge in [-0.15, -0.1) is 0 Å². The van der Waals surface area contributed by atoms with E-state index in [1.165, 1.54) is 44.5 Å². The van der Waals surface area contributed by atoms with E-state index in [1.807, 2.05) is 62.4 Å². The normalized spacial score (nSPS) is 13.6. The Morgan fingerprint density at radius 1 is 0.403 bits per heavy atom. The Bertz CT molecular complexity index is 4110. The van der Waals surface area contributed by atoms with Crippen molar-refractivity contribution in [1.82, 2.24) is 9.13 Å². The number of hydrogen-bond acceptors (Lipinski definition) is 2. The molecule has 13 rings (SSSR count). The number of para-hydroxylation sites is 2. The first-order valence-electron chi connectivity index (χ1n) is 24.3. The van der Waals surface area contributed by atoms with E-state index in [4.69, 9.17) is 13.1 Å². The number of nitrogens with zero attached hydrogens (tertiary/aromatic N) is 6. The van der Waals surface area contributed by atoms with E-state index >= 15 is 0 Å². The Labute approximate surface area is 418 Å². The van der Waals surface area contributed by atoms with Crippen LogP contribution in [0.4, 0.5) is 11.4 Å². The molecule has 0 atom stereocenters. The Kier molecular flexibility index (Phi) is 8.89. The Morgan fingerprint density at radius 2 is 0.792 bits per heavy atom. The largest absolute Gasteiger partial charge is 0.318 e.